The van der Waals surface area contributed by atoms with Gasteiger partial charge in [0.1, 0.15) is 11.6 Å². The van der Waals surface area contributed by atoms with Crippen molar-refractivity contribution in [3.63, 3.8) is 0 Å². The second kappa shape index (κ2) is 6.15. The predicted octanol–water partition coefficient (Wildman–Crippen LogP) is 5.85. The summed E-state index contributed by atoms with van der Waals surface area (Å²) in [5, 5.41) is 0.418. The maximum Gasteiger partial charge on any atom is 0.225 e. The smallest absolute Gasteiger partial charge is 0.217 e. The zero-order chi connectivity index (χ0) is 17.9. The molecular weight excluding hydrogens is 342 g/mol. The second-order valence-corrected chi connectivity index (χ2v) is 11.0. The van der Waals surface area contributed by atoms with Gasteiger partial charge in [-0.2, -0.15) is 0 Å². The summed E-state index contributed by atoms with van der Waals surface area (Å²) in [6.45, 7) is 4.77. The fraction of sp³-hybridized carbons (Fsp3) is 0.864. The van der Waals surface area contributed by atoms with Crippen molar-refractivity contribution in [1.29, 1.82) is 0 Å². The van der Waals surface area contributed by atoms with E-state index >= 15 is 0 Å². The van der Waals surface area contributed by atoms with Crippen molar-refractivity contribution in [3.05, 3.63) is 16.9 Å². The van der Waals surface area contributed by atoms with Gasteiger partial charge in [-0.25, -0.2) is 15.0 Å². The number of aromatic nitrogens is 3. The first-order chi connectivity index (χ1) is 12.4. The average molecular weight is 374 g/mol. The van der Waals surface area contributed by atoms with E-state index in [4.69, 9.17) is 16.6 Å². The standard InChI is InChI=1S/C22H32ClN3/c1-21(10-14-4-3-5-15(8-14)11-21)18-24-19(26-20(23)25-18)22(2)12-16-6-7-17(9-16)13-22/h14-17H,3-13H2,1-2H3/t14-,15-,16-,17-/m1/s1. The maximum absolute atomic E-state index is 6.46. The molecule has 142 valence electrons. The van der Waals surface area contributed by atoms with Gasteiger partial charge in [0.15, 0.2) is 0 Å². The Balaban J connectivity index is 1.49. The van der Waals surface area contributed by atoms with Crippen LogP contribution in [0.15, 0.2) is 0 Å². The average Bonchev–Trinajstić information content (AvgIpc) is 2.93. The Kier molecular flexibility index (Phi) is 4.12. The normalized spacial score (nSPS) is 44.9. The van der Waals surface area contributed by atoms with E-state index in [0.717, 1.165) is 35.3 Å². The zero-order valence-electron chi connectivity index (χ0n) is 16.3. The van der Waals surface area contributed by atoms with Crippen LogP contribution < -0.4 is 0 Å². The number of rotatable bonds is 2. The third kappa shape index (κ3) is 2.99. The highest BCUT2D eigenvalue weighted by Crippen LogP contribution is 2.52. The molecule has 4 saturated carbocycles. The van der Waals surface area contributed by atoms with Crippen LogP contribution in [0.25, 0.3) is 0 Å². The summed E-state index contributed by atoms with van der Waals surface area (Å²) in [4.78, 5) is 14.5. The molecule has 4 fully saturated rings. The minimum absolute atomic E-state index is 0.0827. The van der Waals surface area contributed by atoms with Gasteiger partial charge in [-0.05, 0) is 73.8 Å². The molecule has 5 rings (SSSR count). The molecule has 1 aromatic rings. The fourth-order valence-electron chi connectivity index (χ4n) is 7.29. The Bertz CT molecular complexity index is 679. The molecule has 0 amide bonds. The van der Waals surface area contributed by atoms with Gasteiger partial charge >= 0.3 is 0 Å². The van der Waals surface area contributed by atoms with Gasteiger partial charge in [-0.15, -0.1) is 0 Å². The van der Waals surface area contributed by atoms with E-state index in [1.807, 2.05) is 0 Å². The minimum atomic E-state index is 0.0827. The summed E-state index contributed by atoms with van der Waals surface area (Å²) in [6, 6.07) is 0. The molecule has 4 aliphatic carbocycles. The van der Waals surface area contributed by atoms with Crippen LogP contribution in [-0.4, -0.2) is 15.0 Å². The molecular formula is C22H32ClN3. The third-order valence-corrected chi connectivity index (χ3v) is 8.35. The van der Waals surface area contributed by atoms with E-state index in [-0.39, 0.29) is 10.8 Å². The number of fused-ring (bicyclic) bond motifs is 4. The highest BCUT2D eigenvalue weighted by molar-refractivity contribution is 6.28. The highest BCUT2D eigenvalue weighted by atomic mass is 35.5. The number of hydrogen-bond acceptors (Lipinski definition) is 3. The van der Waals surface area contributed by atoms with E-state index < -0.39 is 0 Å². The minimum Gasteiger partial charge on any atom is -0.217 e. The van der Waals surface area contributed by atoms with E-state index in [0.29, 0.717) is 5.28 Å². The molecule has 26 heavy (non-hydrogen) atoms. The predicted molar refractivity (Wildman–Crippen MR) is 104 cm³/mol. The van der Waals surface area contributed by atoms with Crippen LogP contribution in [-0.2, 0) is 10.8 Å². The summed E-state index contributed by atoms with van der Waals surface area (Å²) >= 11 is 6.46. The van der Waals surface area contributed by atoms with Gasteiger partial charge in [0.05, 0.1) is 0 Å². The van der Waals surface area contributed by atoms with Crippen molar-refractivity contribution in [2.45, 2.75) is 95.3 Å². The monoisotopic (exact) mass is 373 g/mol. The topological polar surface area (TPSA) is 38.7 Å². The van der Waals surface area contributed by atoms with Crippen LogP contribution in [0, 0.1) is 23.7 Å². The van der Waals surface area contributed by atoms with Gasteiger partial charge in [0.25, 0.3) is 0 Å². The Morgan fingerprint density at radius 2 is 1.12 bits per heavy atom. The Hall–Kier alpha value is -0.700. The quantitative estimate of drug-likeness (QED) is 0.652. The molecule has 0 aliphatic heterocycles. The lowest BCUT2D eigenvalue weighted by Crippen LogP contribution is -2.40. The lowest BCUT2D eigenvalue weighted by atomic mass is 9.61. The van der Waals surface area contributed by atoms with Crippen LogP contribution >= 0.6 is 11.6 Å². The molecule has 4 aliphatic rings. The van der Waals surface area contributed by atoms with Crippen LogP contribution in [0.3, 0.4) is 0 Å². The third-order valence-electron chi connectivity index (χ3n) is 8.19. The summed E-state index contributed by atoms with van der Waals surface area (Å²) in [5.41, 5.74) is 0.172. The lowest BCUT2D eigenvalue weighted by molar-refractivity contribution is 0.114. The van der Waals surface area contributed by atoms with Crippen LogP contribution in [0.2, 0.25) is 5.28 Å². The molecule has 4 atom stereocenters. The summed E-state index contributed by atoms with van der Waals surface area (Å²) < 4.78 is 0. The highest BCUT2D eigenvalue weighted by Gasteiger charge is 2.46. The molecule has 1 heterocycles. The van der Waals surface area contributed by atoms with Crippen molar-refractivity contribution in [3.8, 4) is 0 Å². The van der Waals surface area contributed by atoms with Crippen molar-refractivity contribution in [2.24, 2.45) is 23.7 Å². The van der Waals surface area contributed by atoms with Gasteiger partial charge in [-0.1, -0.05) is 46.0 Å². The molecule has 4 heteroatoms. The van der Waals surface area contributed by atoms with Crippen LogP contribution in [0.4, 0.5) is 0 Å². The zero-order valence-corrected chi connectivity index (χ0v) is 17.1. The van der Waals surface area contributed by atoms with E-state index in [2.05, 4.69) is 23.8 Å². The molecule has 0 aromatic carbocycles. The summed E-state index contributed by atoms with van der Waals surface area (Å²) in [6.07, 6.45) is 14.7. The van der Waals surface area contributed by atoms with Crippen molar-refractivity contribution < 1.29 is 0 Å². The second-order valence-electron chi connectivity index (χ2n) is 10.6. The lowest BCUT2D eigenvalue weighted by Gasteiger charge is -2.45. The van der Waals surface area contributed by atoms with E-state index in [1.54, 1.807) is 0 Å². The molecule has 0 spiro atoms. The summed E-state index contributed by atoms with van der Waals surface area (Å²) in [7, 11) is 0. The Labute approximate surface area is 162 Å². The van der Waals surface area contributed by atoms with Crippen molar-refractivity contribution in [2.75, 3.05) is 0 Å². The molecule has 0 N–H and O–H groups in total. The van der Waals surface area contributed by atoms with Crippen LogP contribution in [0.5, 0.6) is 0 Å². The van der Waals surface area contributed by atoms with Crippen molar-refractivity contribution in [1.82, 2.24) is 15.0 Å². The van der Waals surface area contributed by atoms with E-state index in [9.17, 15) is 0 Å². The maximum atomic E-state index is 6.46. The van der Waals surface area contributed by atoms with Gasteiger partial charge in [0, 0.05) is 10.8 Å². The first-order valence-corrected chi connectivity index (χ1v) is 11.2. The first-order valence-electron chi connectivity index (χ1n) is 10.8. The summed E-state index contributed by atoms with van der Waals surface area (Å²) in [5.74, 6) is 5.41. The Morgan fingerprint density at radius 3 is 1.58 bits per heavy atom. The van der Waals surface area contributed by atoms with Crippen LogP contribution in [0.1, 0.15) is 96.1 Å². The Morgan fingerprint density at radius 1 is 0.692 bits per heavy atom. The SMILES string of the molecule is CC1(c2nc(Cl)nc(C3(C)C[C@@H]4CC[C@H](C4)C3)n2)C[C@@H]2CCC[C@H](C2)C1. The molecule has 1 aromatic heterocycles. The molecule has 3 nitrogen and oxygen atoms in total. The van der Waals surface area contributed by atoms with E-state index in [1.165, 1.54) is 70.6 Å². The van der Waals surface area contributed by atoms with Gasteiger partial charge in [0.2, 0.25) is 5.28 Å². The molecule has 0 unspecified atom stereocenters. The fourth-order valence-corrected chi connectivity index (χ4v) is 7.45. The van der Waals surface area contributed by atoms with Crippen molar-refractivity contribution >= 4 is 11.6 Å². The number of hydrogen-bond donors (Lipinski definition) is 0. The van der Waals surface area contributed by atoms with Gasteiger partial charge < -0.3 is 0 Å². The molecule has 0 radical (unpaired) electrons. The number of nitrogens with zero attached hydrogens (tertiary/aromatic N) is 3. The van der Waals surface area contributed by atoms with Gasteiger partial charge in [-0.3, -0.25) is 0 Å². The molecule has 4 bridgehead atoms. The number of halogens is 1. The largest absolute Gasteiger partial charge is 0.225 e. The first kappa shape index (κ1) is 17.4. The molecule has 0 saturated heterocycles.